The van der Waals surface area contributed by atoms with Crippen molar-refractivity contribution in [1.82, 2.24) is 0 Å². The fourth-order valence-electron chi connectivity index (χ4n) is 1.08. The van der Waals surface area contributed by atoms with Crippen molar-refractivity contribution in [3.05, 3.63) is 0 Å². The van der Waals surface area contributed by atoms with Gasteiger partial charge in [-0.25, -0.2) is 0 Å². The lowest BCUT2D eigenvalue weighted by Crippen LogP contribution is -2.53. The van der Waals surface area contributed by atoms with Gasteiger partial charge in [-0.1, -0.05) is 0 Å². The monoisotopic (exact) mass is 196 g/mol. The van der Waals surface area contributed by atoms with Crippen LogP contribution >= 0.6 is 11.8 Å². The van der Waals surface area contributed by atoms with Crippen molar-refractivity contribution in [2.24, 2.45) is 0 Å². The molecule has 1 aliphatic rings. The van der Waals surface area contributed by atoms with Crippen molar-refractivity contribution >= 4 is 11.8 Å². The molecule has 1 rings (SSSR count). The zero-order valence-corrected chi connectivity index (χ0v) is 7.05. The molecule has 0 aliphatic carbocycles. The molecule has 1 heterocycles. The molecule has 6 heteroatoms. The number of aliphatic hydroxyl groups is 5. The first-order chi connectivity index (χ1) is 5.57. The maximum absolute atomic E-state index is 9.22. The highest BCUT2D eigenvalue weighted by Crippen LogP contribution is 2.30. The number of hydrogen-bond donors (Lipinski definition) is 5. The summed E-state index contributed by atoms with van der Waals surface area (Å²) in [5.41, 5.74) is -1.15. The summed E-state index contributed by atoms with van der Waals surface area (Å²) < 4.78 is 0. The average molecular weight is 196 g/mol. The summed E-state index contributed by atoms with van der Waals surface area (Å²) in [6, 6.07) is 0. The van der Waals surface area contributed by atoms with Gasteiger partial charge in [-0.2, -0.15) is 0 Å². The first-order valence-corrected chi connectivity index (χ1v) is 4.50. The smallest absolute Gasteiger partial charge is 0.128 e. The minimum atomic E-state index is -1.39. The van der Waals surface area contributed by atoms with E-state index in [4.69, 9.17) is 20.4 Å². The quantitative estimate of drug-likeness (QED) is 0.318. The normalized spacial score (nSPS) is 49.2. The highest BCUT2D eigenvalue weighted by molar-refractivity contribution is 8.00. The Kier molecular flexibility index (Phi) is 3.33. The van der Waals surface area contributed by atoms with Crippen LogP contribution in [0.1, 0.15) is 0 Å². The first kappa shape index (κ1) is 10.2. The van der Waals surface area contributed by atoms with E-state index < -0.39 is 29.0 Å². The van der Waals surface area contributed by atoms with Crippen LogP contribution in [0.5, 0.6) is 0 Å². The maximum Gasteiger partial charge on any atom is 0.128 e. The van der Waals surface area contributed by atoms with Gasteiger partial charge < -0.3 is 25.5 Å². The van der Waals surface area contributed by atoms with Gasteiger partial charge in [0.05, 0.1) is 18.0 Å². The highest BCUT2D eigenvalue weighted by Gasteiger charge is 2.42. The average Bonchev–Trinajstić information content (AvgIpc) is 2.08. The van der Waals surface area contributed by atoms with Crippen molar-refractivity contribution < 1.29 is 25.5 Å². The van der Waals surface area contributed by atoms with Crippen LogP contribution < -0.4 is 0 Å². The Morgan fingerprint density at radius 2 is 1.50 bits per heavy atom. The number of rotatable bonds is 1. The van der Waals surface area contributed by atoms with Crippen LogP contribution in [0.2, 0.25) is 0 Å². The van der Waals surface area contributed by atoms with Gasteiger partial charge in [0.2, 0.25) is 0 Å². The van der Waals surface area contributed by atoms with E-state index in [2.05, 4.69) is 0 Å². The molecule has 0 aromatic rings. The molecular weight excluding hydrogens is 184 g/mol. The van der Waals surface area contributed by atoms with E-state index in [-0.39, 0.29) is 6.61 Å². The third-order valence-corrected chi connectivity index (χ3v) is 3.20. The predicted molar refractivity (Wildman–Crippen MR) is 42.5 cm³/mol. The Morgan fingerprint density at radius 1 is 0.917 bits per heavy atom. The summed E-state index contributed by atoms with van der Waals surface area (Å²) in [7, 11) is 0. The Hall–Kier alpha value is 0.150. The van der Waals surface area contributed by atoms with E-state index in [9.17, 15) is 5.11 Å². The molecule has 12 heavy (non-hydrogen) atoms. The van der Waals surface area contributed by atoms with E-state index in [0.29, 0.717) is 0 Å². The molecule has 72 valence electrons. The molecule has 0 spiro atoms. The van der Waals surface area contributed by atoms with Crippen molar-refractivity contribution in [1.29, 1.82) is 0 Å². The molecule has 5 nitrogen and oxygen atoms in total. The van der Waals surface area contributed by atoms with Gasteiger partial charge in [0, 0.05) is 0 Å². The second-order valence-electron chi connectivity index (χ2n) is 2.72. The van der Waals surface area contributed by atoms with Crippen LogP contribution in [0.3, 0.4) is 0 Å². The number of hydrogen-bond acceptors (Lipinski definition) is 6. The van der Waals surface area contributed by atoms with Gasteiger partial charge in [0.15, 0.2) is 0 Å². The summed E-state index contributed by atoms with van der Waals surface area (Å²) in [6.45, 7) is -0.341. The lowest BCUT2D eigenvalue weighted by Gasteiger charge is -2.36. The predicted octanol–water partition coefficient (Wildman–Crippen LogP) is -2.50. The SMILES string of the molecule is OC[C@@H]1SC(O)[C@H](O)[C@@H](O)[C@H]1O. The fraction of sp³-hybridized carbons (Fsp3) is 1.00. The minimum Gasteiger partial charge on any atom is -0.395 e. The minimum absolute atomic E-state index is 0.341. The Morgan fingerprint density at radius 3 is 2.00 bits per heavy atom. The molecule has 1 aliphatic heterocycles. The molecule has 0 aromatic carbocycles. The summed E-state index contributed by atoms with van der Waals surface area (Å²) in [5, 5.41) is 44.6. The number of thioether (sulfide) groups is 1. The molecule has 1 unspecified atom stereocenters. The lowest BCUT2D eigenvalue weighted by atomic mass is 10.0. The van der Waals surface area contributed by atoms with Gasteiger partial charge in [-0.15, -0.1) is 11.8 Å². The zero-order chi connectivity index (χ0) is 9.30. The summed E-state index contributed by atoms with van der Waals surface area (Å²) >= 11 is 0.852. The van der Waals surface area contributed by atoms with Crippen LogP contribution in [-0.2, 0) is 0 Å². The Balaban J connectivity index is 2.63. The molecule has 0 amide bonds. The topological polar surface area (TPSA) is 101 Å². The molecule has 0 radical (unpaired) electrons. The first-order valence-electron chi connectivity index (χ1n) is 3.56. The van der Waals surface area contributed by atoms with E-state index in [1.54, 1.807) is 0 Å². The van der Waals surface area contributed by atoms with E-state index >= 15 is 0 Å². The van der Waals surface area contributed by atoms with Crippen LogP contribution in [0.15, 0.2) is 0 Å². The van der Waals surface area contributed by atoms with Crippen molar-refractivity contribution in [2.75, 3.05) is 6.61 Å². The standard InChI is InChI=1S/C6H12O5S/c7-1-2-3(8)4(9)5(10)6(11)12-2/h2-11H,1H2/t2-,3-,4-,5+,6?/m0/s1. The van der Waals surface area contributed by atoms with Gasteiger partial charge >= 0.3 is 0 Å². The van der Waals surface area contributed by atoms with Crippen LogP contribution in [0.25, 0.3) is 0 Å². The van der Waals surface area contributed by atoms with Crippen LogP contribution in [-0.4, -0.2) is 61.1 Å². The molecule has 0 saturated carbocycles. The van der Waals surface area contributed by atoms with E-state index in [0.717, 1.165) is 11.8 Å². The van der Waals surface area contributed by atoms with Gasteiger partial charge in [0.1, 0.15) is 17.6 Å². The fourth-order valence-corrected chi connectivity index (χ4v) is 2.17. The molecule has 5 N–H and O–H groups in total. The molecule has 0 aromatic heterocycles. The van der Waals surface area contributed by atoms with Crippen molar-refractivity contribution in [2.45, 2.75) is 29.0 Å². The van der Waals surface area contributed by atoms with Crippen LogP contribution in [0, 0.1) is 0 Å². The van der Waals surface area contributed by atoms with Crippen molar-refractivity contribution in [3.63, 3.8) is 0 Å². The summed E-state index contributed by atoms with van der Waals surface area (Å²) in [5.74, 6) is 0. The third-order valence-electron chi connectivity index (χ3n) is 1.87. The molecule has 0 bridgehead atoms. The largest absolute Gasteiger partial charge is 0.395 e. The second kappa shape index (κ2) is 3.91. The van der Waals surface area contributed by atoms with Crippen molar-refractivity contribution in [3.8, 4) is 0 Å². The number of aliphatic hydroxyl groups excluding tert-OH is 5. The van der Waals surface area contributed by atoms with Gasteiger partial charge in [-0.3, -0.25) is 0 Å². The van der Waals surface area contributed by atoms with Crippen LogP contribution in [0.4, 0.5) is 0 Å². The Labute approximate surface area is 73.7 Å². The molecule has 1 fully saturated rings. The second-order valence-corrected chi connectivity index (χ2v) is 4.08. The highest BCUT2D eigenvalue weighted by atomic mass is 32.2. The molecule has 1 saturated heterocycles. The van der Waals surface area contributed by atoms with Gasteiger partial charge in [0.25, 0.3) is 0 Å². The zero-order valence-electron chi connectivity index (χ0n) is 6.24. The van der Waals surface area contributed by atoms with Gasteiger partial charge in [-0.05, 0) is 0 Å². The lowest BCUT2D eigenvalue weighted by molar-refractivity contribution is -0.0953. The molecular formula is C6H12O5S. The van der Waals surface area contributed by atoms with E-state index in [1.165, 1.54) is 0 Å². The Bertz CT molecular complexity index is 150. The summed E-state index contributed by atoms with van der Waals surface area (Å²) in [6.07, 6.45) is -3.94. The summed E-state index contributed by atoms with van der Waals surface area (Å²) in [4.78, 5) is 0. The van der Waals surface area contributed by atoms with E-state index in [1.807, 2.05) is 0 Å². The maximum atomic E-state index is 9.22. The third kappa shape index (κ3) is 1.73. The molecule has 5 atom stereocenters.